The van der Waals surface area contributed by atoms with Crippen molar-refractivity contribution in [2.75, 3.05) is 4.90 Å². The SMILES string of the molecule is c1ccc(-c2ccc(-c3cc(-c4ccc(-c5ccccc5)cc4)cc(N(c4ccccc4)c4ccc5c6ccccc6n(-c6ccccc6)c5c4)c3)cc2)cc1. The Labute approximate surface area is 327 Å². The zero-order valence-corrected chi connectivity index (χ0v) is 30.8. The number of benzene rings is 9. The van der Waals surface area contributed by atoms with Crippen molar-refractivity contribution in [2.45, 2.75) is 0 Å². The van der Waals surface area contributed by atoms with Gasteiger partial charge in [-0.15, -0.1) is 0 Å². The standard InChI is InChI=1S/C54H38N2/c1-5-15-39(16-6-1)41-25-29-43(30-26-41)45-35-46(44-31-27-42(28-32-44)40-17-7-2-8-18-40)37-50(36-45)55(47-19-9-3-10-20-47)49-33-34-52-51-23-13-14-24-53(51)56(54(52)38-49)48-21-11-4-12-22-48/h1-38H. The number of para-hydroxylation sites is 3. The van der Waals surface area contributed by atoms with Gasteiger partial charge in [0.15, 0.2) is 0 Å². The van der Waals surface area contributed by atoms with E-state index in [2.05, 4.69) is 240 Å². The predicted octanol–water partition coefficient (Wildman–Crippen LogP) is 14.9. The van der Waals surface area contributed by atoms with Gasteiger partial charge in [0.2, 0.25) is 0 Å². The molecular formula is C54H38N2. The van der Waals surface area contributed by atoms with Crippen molar-refractivity contribution in [3.8, 4) is 50.2 Å². The fraction of sp³-hybridized carbons (Fsp3) is 0. The molecule has 2 nitrogen and oxygen atoms in total. The molecular weight excluding hydrogens is 677 g/mol. The highest BCUT2D eigenvalue weighted by atomic mass is 15.1. The van der Waals surface area contributed by atoms with E-state index >= 15 is 0 Å². The second-order valence-electron chi connectivity index (χ2n) is 14.2. The molecule has 1 heterocycles. The molecule has 0 fully saturated rings. The van der Waals surface area contributed by atoms with Gasteiger partial charge in [-0.1, -0.05) is 170 Å². The highest BCUT2D eigenvalue weighted by Gasteiger charge is 2.19. The first-order valence-electron chi connectivity index (χ1n) is 19.2. The Kier molecular flexibility index (Phi) is 8.55. The first kappa shape index (κ1) is 33.2. The minimum Gasteiger partial charge on any atom is -0.310 e. The number of anilines is 3. The largest absolute Gasteiger partial charge is 0.310 e. The summed E-state index contributed by atoms with van der Waals surface area (Å²) in [6.45, 7) is 0. The van der Waals surface area contributed by atoms with Crippen LogP contribution in [0.15, 0.2) is 231 Å². The minimum absolute atomic E-state index is 1.09. The lowest BCUT2D eigenvalue weighted by atomic mass is 9.94. The number of fused-ring (bicyclic) bond motifs is 3. The van der Waals surface area contributed by atoms with Gasteiger partial charge >= 0.3 is 0 Å². The molecule has 0 saturated carbocycles. The van der Waals surface area contributed by atoms with Crippen LogP contribution in [0.2, 0.25) is 0 Å². The molecule has 0 aliphatic heterocycles. The summed E-state index contributed by atoms with van der Waals surface area (Å²) >= 11 is 0. The first-order valence-corrected chi connectivity index (χ1v) is 19.2. The lowest BCUT2D eigenvalue weighted by Gasteiger charge is -2.27. The molecule has 0 bridgehead atoms. The van der Waals surface area contributed by atoms with Gasteiger partial charge in [-0.3, -0.25) is 0 Å². The lowest BCUT2D eigenvalue weighted by Crippen LogP contribution is -2.10. The van der Waals surface area contributed by atoms with Gasteiger partial charge in [0, 0.05) is 33.5 Å². The maximum atomic E-state index is 2.40. The van der Waals surface area contributed by atoms with E-state index in [-0.39, 0.29) is 0 Å². The molecule has 0 atom stereocenters. The zero-order chi connectivity index (χ0) is 37.3. The fourth-order valence-corrected chi connectivity index (χ4v) is 8.02. The maximum Gasteiger partial charge on any atom is 0.0561 e. The minimum atomic E-state index is 1.09. The summed E-state index contributed by atoms with van der Waals surface area (Å²) in [7, 11) is 0. The van der Waals surface area contributed by atoms with Gasteiger partial charge in [0.1, 0.15) is 0 Å². The lowest BCUT2D eigenvalue weighted by molar-refractivity contribution is 1.18. The normalized spacial score (nSPS) is 11.2. The Bertz CT molecular complexity index is 2810. The number of rotatable bonds is 8. The third-order valence-corrected chi connectivity index (χ3v) is 10.8. The second kappa shape index (κ2) is 14.4. The van der Waals surface area contributed by atoms with Crippen LogP contribution in [0.1, 0.15) is 0 Å². The van der Waals surface area contributed by atoms with E-state index in [0.29, 0.717) is 0 Å². The molecule has 0 spiro atoms. The molecule has 0 aliphatic carbocycles. The van der Waals surface area contributed by atoms with Crippen LogP contribution >= 0.6 is 0 Å². The Morgan fingerprint density at radius 2 is 0.679 bits per heavy atom. The summed E-state index contributed by atoms with van der Waals surface area (Å²) < 4.78 is 2.39. The molecule has 0 aliphatic rings. The molecule has 0 N–H and O–H groups in total. The van der Waals surface area contributed by atoms with Crippen molar-refractivity contribution in [1.82, 2.24) is 4.57 Å². The van der Waals surface area contributed by atoms with Gasteiger partial charge < -0.3 is 9.47 Å². The van der Waals surface area contributed by atoms with Gasteiger partial charge in [-0.05, 0) is 105 Å². The van der Waals surface area contributed by atoms with Crippen molar-refractivity contribution < 1.29 is 0 Å². The Morgan fingerprint density at radius 3 is 1.23 bits per heavy atom. The van der Waals surface area contributed by atoms with Crippen LogP contribution in [0.3, 0.4) is 0 Å². The smallest absolute Gasteiger partial charge is 0.0561 e. The van der Waals surface area contributed by atoms with Crippen LogP contribution in [-0.2, 0) is 0 Å². The van der Waals surface area contributed by atoms with E-state index in [0.717, 1.165) is 33.9 Å². The van der Waals surface area contributed by atoms with Gasteiger partial charge in [-0.2, -0.15) is 0 Å². The Morgan fingerprint density at radius 1 is 0.250 bits per heavy atom. The number of aromatic nitrogens is 1. The van der Waals surface area contributed by atoms with Crippen LogP contribution < -0.4 is 4.90 Å². The average Bonchev–Trinajstić information content (AvgIpc) is 3.61. The molecule has 10 aromatic rings. The summed E-state index contributed by atoms with van der Waals surface area (Å²) in [5, 5.41) is 2.47. The average molecular weight is 715 g/mol. The summed E-state index contributed by atoms with van der Waals surface area (Å²) in [5.74, 6) is 0. The summed E-state index contributed by atoms with van der Waals surface area (Å²) in [4.78, 5) is 2.40. The van der Waals surface area contributed by atoms with E-state index in [1.165, 1.54) is 55.2 Å². The van der Waals surface area contributed by atoms with Gasteiger partial charge in [-0.25, -0.2) is 0 Å². The molecule has 0 saturated heterocycles. The topological polar surface area (TPSA) is 8.17 Å². The van der Waals surface area contributed by atoms with Crippen molar-refractivity contribution >= 4 is 38.9 Å². The molecule has 0 radical (unpaired) electrons. The molecule has 264 valence electrons. The predicted molar refractivity (Wildman–Crippen MR) is 237 cm³/mol. The van der Waals surface area contributed by atoms with Crippen molar-refractivity contribution in [3.63, 3.8) is 0 Å². The number of hydrogen-bond donors (Lipinski definition) is 0. The highest BCUT2D eigenvalue weighted by molar-refractivity contribution is 6.10. The molecule has 1 aromatic heterocycles. The molecule has 0 unspecified atom stereocenters. The summed E-state index contributed by atoms with van der Waals surface area (Å²) in [6.07, 6.45) is 0. The van der Waals surface area contributed by atoms with Gasteiger partial charge in [0.05, 0.1) is 11.0 Å². The third-order valence-electron chi connectivity index (χ3n) is 10.8. The summed E-state index contributed by atoms with van der Waals surface area (Å²) in [6, 6.07) is 83.1. The van der Waals surface area contributed by atoms with Crippen LogP contribution in [0, 0.1) is 0 Å². The monoisotopic (exact) mass is 714 g/mol. The van der Waals surface area contributed by atoms with Crippen LogP contribution in [0.4, 0.5) is 17.1 Å². The first-order chi connectivity index (χ1) is 27.8. The molecule has 2 heteroatoms. The Balaban J connectivity index is 1.17. The van der Waals surface area contributed by atoms with E-state index in [1.54, 1.807) is 0 Å². The van der Waals surface area contributed by atoms with Crippen LogP contribution in [-0.4, -0.2) is 4.57 Å². The van der Waals surface area contributed by atoms with E-state index in [1.807, 2.05) is 0 Å². The van der Waals surface area contributed by atoms with Crippen LogP contribution in [0.5, 0.6) is 0 Å². The Hall–Kier alpha value is -7.42. The summed E-state index contributed by atoms with van der Waals surface area (Å²) in [5.41, 5.74) is 16.3. The zero-order valence-electron chi connectivity index (χ0n) is 30.8. The van der Waals surface area contributed by atoms with Crippen molar-refractivity contribution in [3.05, 3.63) is 231 Å². The van der Waals surface area contributed by atoms with Crippen molar-refractivity contribution in [1.29, 1.82) is 0 Å². The molecule has 10 rings (SSSR count). The van der Waals surface area contributed by atoms with Crippen LogP contribution in [0.25, 0.3) is 72.0 Å². The molecule has 56 heavy (non-hydrogen) atoms. The van der Waals surface area contributed by atoms with Gasteiger partial charge in [0.25, 0.3) is 0 Å². The quantitative estimate of drug-likeness (QED) is 0.152. The number of hydrogen-bond acceptors (Lipinski definition) is 1. The van der Waals surface area contributed by atoms with E-state index in [4.69, 9.17) is 0 Å². The highest BCUT2D eigenvalue weighted by Crippen LogP contribution is 2.42. The molecule has 0 amide bonds. The third kappa shape index (κ3) is 6.24. The maximum absolute atomic E-state index is 2.40. The number of nitrogens with zero attached hydrogens (tertiary/aromatic N) is 2. The second-order valence-corrected chi connectivity index (χ2v) is 14.2. The fourth-order valence-electron chi connectivity index (χ4n) is 8.02. The molecule has 9 aromatic carbocycles. The van der Waals surface area contributed by atoms with E-state index < -0.39 is 0 Å². The van der Waals surface area contributed by atoms with E-state index in [9.17, 15) is 0 Å². The van der Waals surface area contributed by atoms with Crippen molar-refractivity contribution in [2.24, 2.45) is 0 Å².